The fourth-order valence-corrected chi connectivity index (χ4v) is 5.66. The number of benzene rings is 3. The van der Waals surface area contributed by atoms with E-state index in [1.807, 2.05) is 0 Å². The van der Waals surface area contributed by atoms with Crippen LogP contribution in [0.15, 0.2) is 60.7 Å². The van der Waals surface area contributed by atoms with Crippen LogP contribution in [0.1, 0.15) is 29.5 Å². The Balaban J connectivity index is 2.00. The summed E-state index contributed by atoms with van der Waals surface area (Å²) in [4.78, 5) is 14.4. The van der Waals surface area contributed by atoms with Crippen molar-refractivity contribution >= 4 is 29.2 Å². The molecule has 4 unspecified atom stereocenters. The van der Waals surface area contributed by atoms with E-state index in [0.717, 1.165) is 6.07 Å². The zero-order valence-corrected chi connectivity index (χ0v) is 20.9. The van der Waals surface area contributed by atoms with E-state index in [0.29, 0.717) is 11.3 Å². The smallest absolute Gasteiger partial charge is 0.321 e. The molecule has 36 heavy (non-hydrogen) atoms. The average molecular weight is 531 g/mol. The van der Waals surface area contributed by atoms with Crippen molar-refractivity contribution in [3.05, 3.63) is 99.0 Å². The van der Waals surface area contributed by atoms with Gasteiger partial charge in [0.05, 0.1) is 18.2 Å². The molecule has 0 aromatic heterocycles. The molecule has 3 aromatic rings. The van der Waals surface area contributed by atoms with Crippen LogP contribution in [0, 0.1) is 23.0 Å². The first kappa shape index (κ1) is 25.9. The van der Waals surface area contributed by atoms with Gasteiger partial charge in [-0.2, -0.15) is 5.26 Å². The van der Waals surface area contributed by atoms with Crippen molar-refractivity contribution in [2.75, 3.05) is 7.11 Å². The van der Waals surface area contributed by atoms with Gasteiger partial charge >= 0.3 is 5.97 Å². The Bertz CT molecular complexity index is 1360. The van der Waals surface area contributed by atoms with Crippen LogP contribution in [0.2, 0.25) is 10.0 Å². The van der Waals surface area contributed by atoms with Crippen LogP contribution in [0.25, 0.3) is 0 Å². The number of carboxylic acid groups (broad SMARTS) is 1. The van der Waals surface area contributed by atoms with Crippen LogP contribution in [0.3, 0.4) is 0 Å². The Labute approximate surface area is 217 Å². The Hall–Kier alpha value is -3.18. The molecule has 1 heterocycles. The van der Waals surface area contributed by atoms with Crippen molar-refractivity contribution in [2.45, 2.75) is 36.9 Å². The summed E-state index contributed by atoms with van der Waals surface area (Å²) in [7, 11) is 1.51. The Morgan fingerprint density at radius 3 is 2.53 bits per heavy atom. The summed E-state index contributed by atoms with van der Waals surface area (Å²) in [6.07, 6.45) is 0. The second-order valence-electron chi connectivity index (χ2n) is 8.71. The molecule has 4 atom stereocenters. The molecule has 1 aliphatic heterocycles. The van der Waals surface area contributed by atoms with Crippen molar-refractivity contribution in [2.24, 2.45) is 0 Å². The van der Waals surface area contributed by atoms with E-state index in [4.69, 9.17) is 27.9 Å². The molecule has 0 aliphatic carbocycles. The molecule has 1 N–H and O–H groups in total. The van der Waals surface area contributed by atoms with Crippen LogP contribution in [0.4, 0.5) is 8.78 Å². The van der Waals surface area contributed by atoms with Gasteiger partial charge < -0.3 is 9.84 Å². The second kappa shape index (κ2) is 10.1. The van der Waals surface area contributed by atoms with Crippen molar-refractivity contribution in [1.82, 2.24) is 4.90 Å². The first-order valence-electron chi connectivity index (χ1n) is 11.1. The van der Waals surface area contributed by atoms with Gasteiger partial charge in [0.15, 0.2) is 0 Å². The van der Waals surface area contributed by atoms with Gasteiger partial charge in [0.2, 0.25) is 0 Å². The van der Waals surface area contributed by atoms with E-state index in [1.54, 1.807) is 36.1 Å². The largest absolute Gasteiger partial charge is 0.497 e. The van der Waals surface area contributed by atoms with E-state index in [9.17, 15) is 15.2 Å². The molecule has 4 rings (SSSR count). The standard InChI is InChI=1S/C27H22Cl2F2N2O3/c1-15-27(14-32,20-10-9-17(28)12-22(20)30)23(19-7-4-8-21(29)24(19)31)25(26(34)35)33(15)13-16-5-3-6-18(11-16)36-2/h3-12,15,23,25H,13H2,1-2H3,(H,34,35). The Kier molecular flexibility index (Phi) is 7.24. The molecule has 5 nitrogen and oxygen atoms in total. The summed E-state index contributed by atoms with van der Waals surface area (Å²) >= 11 is 12.0. The number of methoxy groups -OCH3 is 1. The molecule has 1 aliphatic rings. The first-order valence-corrected chi connectivity index (χ1v) is 11.8. The number of carboxylic acids is 1. The topological polar surface area (TPSA) is 73.6 Å². The minimum atomic E-state index is -1.79. The van der Waals surface area contributed by atoms with Gasteiger partial charge in [-0.05, 0) is 48.4 Å². The highest BCUT2D eigenvalue weighted by atomic mass is 35.5. The number of halogens is 4. The van der Waals surface area contributed by atoms with E-state index in [1.165, 1.54) is 37.4 Å². The third-order valence-corrected chi connectivity index (χ3v) is 7.48. The SMILES string of the molecule is COc1cccc(CN2C(C(=O)O)C(c3cccc(Cl)c3F)C(C#N)(c3ccc(Cl)cc3F)C2C)c1. The molecule has 1 saturated heterocycles. The van der Waals surface area contributed by atoms with E-state index in [-0.39, 0.29) is 27.7 Å². The van der Waals surface area contributed by atoms with E-state index >= 15 is 8.78 Å². The minimum absolute atomic E-state index is 0.0642. The van der Waals surface area contributed by atoms with Crippen LogP contribution in [-0.2, 0) is 16.8 Å². The van der Waals surface area contributed by atoms with Crippen molar-refractivity contribution < 1.29 is 23.4 Å². The van der Waals surface area contributed by atoms with Gasteiger partial charge in [-0.15, -0.1) is 0 Å². The molecular weight excluding hydrogens is 509 g/mol. The first-order chi connectivity index (χ1) is 17.1. The highest BCUT2D eigenvalue weighted by Crippen LogP contribution is 2.54. The Morgan fingerprint density at radius 1 is 1.17 bits per heavy atom. The van der Waals surface area contributed by atoms with Crippen molar-refractivity contribution in [3.8, 4) is 11.8 Å². The lowest BCUT2D eigenvalue weighted by molar-refractivity contribution is -0.143. The lowest BCUT2D eigenvalue weighted by Crippen LogP contribution is -2.42. The molecule has 0 bridgehead atoms. The van der Waals surface area contributed by atoms with Gasteiger partial charge in [0.1, 0.15) is 28.8 Å². The number of hydrogen-bond acceptors (Lipinski definition) is 4. The van der Waals surface area contributed by atoms with Gasteiger partial charge in [-0.1, -0.05) is 53.5 Å². The molecular formula is C27H22Cl2F2N2O3. The Morgan fingerprint density at radius 2 is 1.89 bits per heavy atom. The van der Waals surface area contributed by atoms with Gasteiger partial charge in [-0.25, -0.2) is 8.78 Å². The van der Waals surface area contributed by atoms with E-state index in [2.05, 4.69) is 6.07 Å². The third kappa shape index (κ3) is 4.20. The molecule has 0 saturated carbocycles. The molecule has 1 fully saturated rings. The monoisotopic (exact) mass is 530 g/mol. The summed E-state index contributed by atoms with van der Waals surface area (Å²) in [6.45, 7) is 1.74. The van der Waals surface area contributed by atoms with Crippen LogP contribution >= 0.6 is 23.2 Å². The van der Waals surface area contributed by atoms with Gasteiger partial charge in [0, 0.05) is 29.1 Å². The normalized spacial score (nSPS) is 23.9. The quantitative estimate of drug-likeness (QED) is 0.411. The zero-order valence-electron chi connectivity index (χ0n) is 19.4. The number of hydrogen-bond donors (Lipinski definition) is 1. The molecule has 0 amide bonds. The number of nitriles is 1. The fourth-order valence-electron chi connectivity index (χ4n) is 5.32. The summed E-state index contributed by atoms with van der Waals surface area (Å²) in [5.74, 6) is -3.63. The van der Waals surface area contributed by atoms with Crippen molar-refractivity contribution in [1.29, 1.82) is 5.26 Å². The number of nitrogens with zero attached hydrogens (tertiary/aromatic N) is 2. The molecule has 9 heteroatoms. The fraction of sp³-hybridized carbons (Fsp3) is 0.259. The lowest BCUT2D eigenvalue weighted by Gasteiger charge is -2.34. The van der Waals surface area contributed by atoms with Crippen LogP contribution < -0.4 is 4.74 Å². The number of ether oxygens (including phenoxy) is 1. The molecule has 186 valence electrons. The highest BCUT2D eigenvalue weighted by Gasteiger charge is 2.63. The summed E-state index contributed by atoms with van der Waals surface area (Å²) < 4.78 is 36.2. The molecule has 0 spiro atoms. The van der Waals surface area contributed by atoms with Crippen LogP contribution in [0.5, 0.6) is 5.75 Å². The van der Waals surface area contributed by atoms with E-state index < -0.39 is 41.0 Å². The maximum absolute atomic E-state index is 15.4. The number of aliphatic carboxylic acids is 1. The highest BCUT2D eigenvalue weighted by molar-refractivity contribution is 6.31. The minimum Gasteiger partial charge on any atom is -0.497 e. The summed E-state index contributed by atoms with van der Waals surface area (Å²) in [5.41, 5.74) is -1.22. The summed E-state index contributed by atoms with van der Waals surface area (Å²) in [5, 5.41) is 21.0. The number of likely N-dealkylation sites (tertiary alicyclic amines) is 1. The van der Waals surface area contributed by atoms with Crippen molar-refractivity contribution in [3.63, 3.8) is 0 Å². The molecule has 3 aromatic carbocycles. The molecule has 0 radical (unpaired) electrons. The second-order valence-corrected chi connectivity index (χ2v) is 9.55. The predicted molar refractivity (Wildman–Crippen MR) is 132 cm³/mol. The third-order valence-electron chi connectivity index (χ3n) is 6.95. The number of rotatable bonds is 6. The average Bonchev–Trinajstić information content (AvgIpc) is 3.09. The lowest BCUT2D eigenvalue weighted by atomic mass is 9.65. The summed E-state index contributed by atoms with van der Waals surface area (Å²) in [6, 6.07) is 15.1. The van der Waals surface area contributed by atoms with Gasteiger partial charge in [-0.3, -0.25) is 9.69 Å². The predicted octanol–water partition coefficient (Wildman–Crippen LogP) is 6.18. The van der Waals surface area contributed by atoms with Crippen LogP contribution in [-0.4, -0.2) is 35.2 Å². The van der Waals surface area contributed by atoms with Gasteiger partial charge in [0.25, 0.3) is 0 Å². The zero-order chi connectivity index (χ0) is 26.2. The maximum Gasteiger partial charge on any atom is 0.321 e. The maximum atomic E-state index is 15.4. The number of carbonyl (C=O) groups is 1.